The Labute approximate surface area is 81.2 Å². The number of hydrogen-bond acceptors (Lipinski definition) is 4. The van der Waals surface area contributed by atoms with Crippen LogP contribution in [0.1, 0.15) is 17.5 Å². The Kier molecular flexibility index (Phi) is 2.55. The van der Waals surface area contributed by atoms with E-state index in [1.54, 1.807) is 31.0 Å². The molecule has 0 aliphatic heterocycles. The fourth-order valence-electron chi connectivity index (χ4n) is 1.21. The van der Waals surface area contributed by atoms with Crippen molar-refractivity contribution in [2.24, 2.45) is 0 Å². The highest BCUT2D eigenvalue weighted by molar-refractivity contribution is 5.09. The summed E-state index contributed by atoms with van der Waals surface area (Å²) in [6.07, 6.45) is 6.20. The van der Waals surface area contributed by atoms with E-state index in [1.807, 2.05) is 6.07 Å². The minimum absolute atomic E-state index is 0.439. The molecule has 0 fully saturated rings. The number of rotatable bonds is 3. The molecule has 2 aromatic rings. The van der Waals surface area contributed by atoms with E-state index in [0.717, 1.165) is 5.56 Å². The van der Waals surface area contributed by atoms with Crippen LogP contribution in [0.3, 0.4) is 0 Å². The maximum atomic E-state index is 9.73. The summed E-state index contributed by atoms with van der Waals surface area (Å²) < 4.78 is 4.90. The van der Waals surface area contributed by atoms with Gasteiger partial charge in [0.15, 0.2) is 5.82 Å². The third-order valence-electron chi connectivity index (χ3n) is 1.89. The second-order valence-corrected chi connectivity index (χ2v) is 2.96. The lowest BCUT2D eigenvalue weighted by molar-refractivity contribution is 0.168. The van der Waals surface area contributed by atoms with E-state index < -0.39 is 6.10 Å². The molecule has 2 heterocycles. The summed E-state index contributed by atoms with van der Waals surface area (Å²) in [4.78, 5) is 7.93. The molecule has 4 heteroatoms. The van der Waals surface area contributed by atoms with Gasteiger partial charge in [-0.15, -0.1) is 0 Å². The lowest BCUT2D eigenvalue weighted by Gasteiger charge is -2.06. The molecule has 0 saturated carbocycles. The Bertz CT molecular complexity index is 372. The van der Waals surface area contributed by atoms with Crippen LogP contribution in [-0.2, 0) is 6.42 Å². The van der Waals surface area contributed by atoms with Crippen LogP contribution in [0, 0.1) is 0 Å². The number of aliphatic hydroxyl groups excluding tert-OH is 1. The molecule has 0 bridgehead atoms. The van der Waals surface area contributed by atoms with Gasteiger partial charge in [0.25, 0.3) is 0 Å². The van der Waals surface area contributed by atoms with Gasteiger partial charge in [-0.05, 0) is 17.7 Å². The van der Waals surface area contributed by atoms with Gasteiger partial charge in [0.05, 0.1) is 12.5 Å². The van der Waals surface area contributed by atoms with Crippen molar-refractivity contribution in [2.75, 3.05) is 0 Å². The SMILES string of the molecule is OC(Cc1ccoc1)c1ncccn1. The highest BCUT2D eigenvalue weighted by Gasteiger charge is 2.11. The smallest absolute Gasteiger partial charge is 0.157 e. The largest absolute Gasteiger partial charge is 0.472 e. The average Bonchev–Trinajstić information content (AvgIpc) is 2.72. The van der Waals surface area contributed by atoms with E-state index in [-0.39, 0.29) is 0 Å². The standard InChI is InChI=1S/C10H10N2O2/c13-9(6-8-2-5-14-7-8)10-11-3-1-4-12-10/h1-5,7,9,13H,6H2. The third-order valence-corrected chi connectivity index (χ3v) is 1.89. The molecule has 72 valence electrons. The van der Waals surface area contributed by atoms with E-state index in [0.29, 0.717) is 12.2 Å². The Morgan fingerprint density at radius 3 is 2.79 bits per heavy atom. The van der Waals surface area contributed by atoms with Crippen LogP contribution >= 0.6 is 0 Å². The Hall–Kier alpha value is -1.68. The zero-order valence-corrected chi connectivity index (χ0v) is 7.50. The van der Waals surface area contributed by atoms with Gasteiger partial charge in [0.1, 0.15) is 6.10 Å². The van der Waals surface area contributed by atoms with Gasteiger partial charge < -0.3 is 9.52 Å². The Morgan fingerprint density at radius 1 is 1.36 bits per heavy atom. The van der Waals surface area contributed by atoms with E-state index in [2.05, 4.69) is 9.97 Å². The summed E-state index contributed by atoms with van der Waals surface area (Å²) in [6.45, 7) is 0. The molecule has 0 radical (unpaired) electrons. The van der Waals surface area contributed by atoms with Crippen LogP contribution in [0.25, 0.3) is 0 Å². The van der Waals surface area contributed by atoms with Crippen LogP contribution in [0.5, 0.6) is 0 Å². The molecule has 14 heavy (non-hydrogen) atoms. The molecular weight excluding hydrogens is 180 g/mol. The minimum Gasteiger partial charge on any atom is -0.472 e. The molecule has 0 aliphatic carbocycles. The van der Waals surface area contributed by atoms with Gasteiger partial charge in [0.2, 0.25) is 0 Å². The third kappa shape index (κ3) is 1.97. The first-order chi connectivity index (χ1) is 6.86. The van der Waals surface area contributed by atoms with Gasteiger partial charge in [-0.2, -0.15) is 0 Å². The number of aliphatic hydroxyl groups is 1. The first kappa shape index (κ1) is 8.90. The maximum absolute atomic E-state index is 9.73. The summed E-state index contributed by atoms with van der Waals surface area (Å²) >= 11 is 0. The van der Waals surface area contributed by atoms with Crippen molar-refractivity contribution in [3.05, 3.63) is 48.4 Å². The summed E-state index contributed by atoms with van der Waals surface area (Å²) in [5.74, 6) is 0.439. The Morgan fingerprint density at radius 2 is 2.14 bits per heavy atom. The normalized spacial score (nSPS) is 12.6. The van der Waals surface area contributed by atoms with Gasteiger partial charge >= 0.3 is 0 Å². The fraction of sp³-hybridized carbons (Fsp3) is 0.200. The maximum Gasteiger partial charge on any atom is 0.157 e. The number of nitrogens with zero attached hydrogens (tertiary/aromatic N) is 2. The Balaban J connectivity index is 2.07. The molecule has 0 amide bonds. The molecular formula is C10H10N2O2. The van der Waals surface area contributed by atoms with Crippen molar-refractivity contribution in [1.82, 2.24) is 9.97 Å². The van der Waals surface area contributed by atoms with Crippen LogP contribution in [-0.4, -0.2) is 15.1 Å². The molecule has 2 aromatic heterocycles. The molecule has 0 aromatic carbocycles. The van der Waals surface area contributed by atoms with Gasteiger partial charge in [-0.1, -0.05) is 0 Å². The summed E-state index contributed by atoms with van der Waals surface area (Å²) in [5.41, 5.74) is 0.935. The highest BCUT2D eigenvalue weighted by atomic mass is 16.3. The highest BCUT2D eigenvalue weighted by Crippen LogP contribution is 2.13. The van der Waals surface area contributed by atoms with Gasteiger partial charge in [-0.3, -0.25) is 0 Å². The molecule has 1 atom stereocenters. The lowest BCUT2D eigenvalue weighted by atomic mass is 10.1. The first-order valence-electron chi connectivity index (χ1n) is 4.32. The van der Waals surface area contributed by atoms with E-state index in [1.165, 1.54) is 0 Å². The lowest BCUT2D eigenvalue weighted by Crippen LogP contribution is -2.05. The molecule has 0 saturated heterocycles. The topological polar surface area (TPSA) is 59.2 Å². The zero-order valence-electron chi connectivity index (χ0n) is 7.50. The van der Waals surface area contributed by atoms with E-state index >= 15 is 0 Å². The fourth-order valence-corrected chi connectivity index (χ4v) is 1.21. The second-order valence-electron chi connectivity index (χ2n) is 2.96. The van der Waals surface area contributed by atoms with Crippen LogP contribution in [0.2, 0.25) is 0 Å². The summed E-state index contributed by atoms with van der Waals surface area (Å²) in [6, 6.07) is 3.53. The van der Waals surface area contributed by atoms with Crippen molar-refractivity contribution < 1.29 is 9.52 Å². The molecule has 1 N–H and O–H groups in total. The predicted octanol–water partition coefficient (Wildman–Crippen LogP) is 1.35. The van der Waals surface area contributed by atoms with Crippen molar-refractivity contribution >= 4 is 0 Å². The summed E-state index contributed by atoms with van der Waals surface area (Å²) in [7, 11) is 0. The van der Waals surface area contributed by atoms with Crippen molar-refractivity contribution in [2.45, 2.75) is 12.5 Å². The molecule has 0 spiro atoms. The van der Waals surface area contributed by atoms with Crippen LogP contribution in [0.4, 0.5) is 0 Å². The summed E-state index contributed by atoms with van der Waals surface area (Å²) in [5, 5.41) is 9.73. The molecule has 2 rings (SSSR count). The van der Waals surface area contributed by atoms with Gasteiger partial charge in [-0.25, -0.2) is 9.97 Å². The number of aromatic nitrogens is 2. The van der Waals surface area contributed by atoms with Crippen LogP contribution < -0.4 is 0 Å². The quantitative estimate of drug-likeness (QED) is 0.793. The van der Waals surface area contributed by atoms with Crippen molar-refractivity contribution in [1.29, 1.82) is 0 Å². The van der Waals surface area contributed by atoms with E-state index in [9.17, 15) is 5.11 Å². The molecule has 4 nitrogen and oxygen atoms in total. The average molecular weight is 190 g/mol. The van der Waals surface area contributed by atoms with E-state index in [4.69, 9.17) is 4.42 Å². The second kappa shape index (κ2) is 4.02. The zero-order chi connectivity index (χ0) is 9.80. The van der Waals surface area contributed by atoms with Crippen LogP contribution in [0.15, 0.2) is 41.5 Å². The minimum atomic E-state index is -0.672. The van der Waals surface area contributed by atoms with Crippen molar-refractivity contribution in [3.63, 3.8) is 0 Å². The number of hydrogen-bond donors (Lipinski definition) is 1. The van der Waals surface area contributed by atoms with Gasteiger partial charge in [0, 0.05) is 18.8 Å². The predicted molar refractivity (Wildman–Crippen MR) is 49.4 cm³/mol. The monoisotopic (exact) mass is 190 g/mol. The number of furan rings is 1. The first-order valence-corrected chi connectivity index (χ1v) is 4.32. The molecule has 0 aliphatic rings. The molecule has 1 unspecified atom stereocenters. The van der Waals surface area contributed by atoms with Crippen molar-refractivity contribution in [3.8, 4) is 0 Å².